The minimum absolute atomic E-state index is 0.111. The van der Waals surface area contributed by atoms with Crippen molar-refractivity contribution in [1.82, 2.24) is 0 Å². The molecule has 0 atom stereocenters. The predicted molar refractivity (Wildman–Crippen MR) is 74.6 cm³/mol. The molecule has 20 heavy (non-hydrogen) atoms. The molecule has 1 aliphatic rings. The second kappa shape index (κ2) is 4.72. The first-order valence-corrected chi connectivity index (χ1v) is 7.61. The van der Waals surface area contributed by atoms with Gasteiger partial charge in [0.05, 0.1) is 17.2 Å². The fourth-order valence-corrected chi connectivity index (χ4v) is 3.22. The summed E-state index contributed by atoms with van der Waals surface area (Å²) < 4.78 is 32.3. The fraction of sp³-hybridized carbons (Fsp3) is 0.143. The van der Waals surface area contributed by atoms with E-state index in [0.29, 0.717) is 13.0 Å². The number of phenols is 1. The third-order valence-corrected chi connectivity index (χ3v) is 4.48. The van der Waals surface area contributed by atoms with E-state index in [2.05, 4.69) is 4.72 Å². The smallest absolute Gasteiger partial charge is 0.262 e. The lowest BCUT2D eigenvalue weighted by Gasteiger charge is -2.10. The van der Waals surface area contributed by atoms with E-state index in [1.54, 1.807) is 24.3 Å². The quantitative estimate of drug-likeness (QED) is 0.849. The van der Waals surface area contributed by atoms with Crippen LogP contribution in [0.4, 0.5) is 5.69 Å². The van der Waals surface area contributed by atoms with E-state index in [1.807, 2.05) is 0 Å². The molecule has 0 saturated carbocycles. The number of benzene rings is 2. The second-order valence-electron chi connectivity index (χ2n) is 4.49. The summed E-state index contributed by atoms with van der Waals surface area (Å²) in [5.74, 6) is 0.618. The van der Waals surface area contributed by atoms with Crippen molar-refractivity contribution in [2.75, 3.05) is 11.3 Å². The summed E-state index contributed by atoms with van der Waals surface area (Å²) in [4.78, 5) is 0.157. The first-order chi connectivity index (χ1) is 9.56. The van der Waals surface area contributed by atoms with Crippen LogP contribution in [0.1, 0.15) is 5.56 Å². The van der Waals surface area contributed by atoms with Crippen LogP contribution in [0, 0.1) is 0 Å². The molecule has 0 amide bonds. The van der Waals surface area contributed by atoms with Crippen molar-refractivity contribution >= 4 is 15.7 Å². The minimum atomic E-state index is -3.72. The molecule has 1 heterocycles. The van der Waals surface area contributed by atoms with Crippen LogP contribution in [-0.4, -0.2) is 20.1 Å². The summed E-state index contributed by atoms with van der Waals surface area (Å²) in [6, 6.07) is 10.9. The summed E-state index contributed by atoms with van der Waals surface area (Å²) in [6.07, 6.45) is 0.704. The number of hydrogen-bond acceptors (Lipinski definition) is 4. The molecule has 0 fully saturated rings. The lowest BCUT2D eigenvalue weighted by atomic mass is 10.2. The van der Waals surface area contributed by atoms with Crippen molar-refractivity contribution in [3.8, 4) is 11.5 Å². The maximum Gasteiger partial charge on any atom is 0.262 e. The van der Waals surface area contributed by atoms with Crippen molar-refractivity contribution in [2.24, 2.45) is 0 Å². The number of nitrogens with one attached hydrogen (secondary N) is 1. The zero-order chi connectivity index (χ0) is 14.2. The first-order valence-electron chi connectivity index (χ1n) is 6.13. The van der Waals surface area contributed by atoms with Gasteiger partial charge in [0.25, 0.3) is 10.0 Å². The highest BCUT2D eigenvalue weighted by molar-refractivity contribution is 7.92. The molecule has 0 spiro atoms. The SMILES string of the molecule is O=S(=O)(Nc1ccccc1O)c1ccc2c(c1)CCO2. The number of anilines is 1. The summed E-state index contributed by atoms with van der Waals surface area (Å²) in [5, 5.41) is 9.63. The Hall–Kier alpha value is -2.21. The van der Waals surface area contributed by atoms with Gasteiger partial charge in [-0.15, -0.1) is 0 Å². The van der Waals surface area contributed by atoms with Gasteiger partial charge in [-0.25, -0.2) is 8.42 Å². The standard InChI is InChI=1S/C14H13NO4S/c16-13-4-2-1-3-12(13)15-20(17,18)11-5-6-14-10(9-11)7-8-19-14/h1-6,9,15-16H,7-8H2. The van der Waals surface area contributed by atoms with Crippen molar-refractivity contribution in [2.45, 2.75) is 11.3 Å². The maximum atomic E-state index is 12.3. The Kier molecular flexibility index (Phi) is 3.02. The van der Waals surface area contributed by atoms with Gasteiger partial charge in [0.15, 0.2) is 0 Å². The fourth-order valence-electron chi connectivity index (χ4n) is 2.09. The van der Waals surface area contributed by atoms with Crippen molar-refractivity contribution in [3.05, 3.63) is 48.0 Å². The van der Waals surface area contributed by atoms with Crippen molar-refractivity contribution in [1.29, 1.82) is 0 Å². The van der Waals surface area contributed by atoms with E-state index in [0.717, 1.165) is 11.3 Å². The topological polar surface area (TPSA) is 75.6 Å². The summed E-state index contributed by atoms with van der Waals surface area (Å²) in [6.45, 7) is 0.575. The van der Waals surface area contributed by atoms with Crippen molar-refractivity contribution in [3.63, 3.8) is 0 Å². The highest BCUT2D eigenvalue weighted by Gasteiger charge is 2.20. The third kappa shape index (κ3) is 2.30. The van der Waals surface area contributed by atoms with Crippen LogP contribution in [0.3, 0.4) is 0 Å². The predicted octanol–water partition coefficient (Wildman–Crippen LogP) is 2.13. The zero-order valence-electron chi connectivity index (χ0n) is 10.5. The van der Waals surface area contributed by atoms with Gasteiger partial charge in [-0.1, -0.05) is 12.1 Å². The number of para-hydroxylation sites is 2. The van der Waals surface area contributed by atoms with Crippen LogP contribution in [-0.2, 0) is 16.4 Å². The molecule has 2 aromatic carbocycles. The third-order valence-electron chi connectivity index (χ3n) is 3.12. The number of aromatic hydroxyl groups is 1. The molecule has 0 saturated heterocycles. The summed E-state index contributed by atoms with van der Waals surface area (Å²) in [7, 11) is -3.72. The van der Waals surface area contributed by atoms with Crippen LogP contribution in [0.15, 0.2) is 47.4 Å². The van der Waals surface area contributed by atoms with Crippen LogP contribution in [0.2, 0.25) is 0 Å². The Bertz CT molecular complexity index is 756. The molecule has 2 N–H and O–H groups in total. The number of ether oxygens (including phenoxy) is 1. The Balaban J connectivity index is 1.94. The maximum absolute atomic E-state index is 12.3. The van der Waals surface area contributed by atoms with Crippen molar-refractivity contribution < 1.29 is 18.3 Å². The Morgan fingerprint density at radius 1 is 1.15 bits per heavy atom. The van der Waals surface area contributed by atoms with Crippen LogP contribution in [0.5, 0.6) is 11.5 Å². The van der Waals surface area contributed by atoms with Gasteiger partial charge >= 0.3 is 0 Å². The number of rotatable bonds is 3. The molecule has 0 aromatic heterocycles. The Labute approximate surface area is 116 Å². The van der Waals surface area contributed by atoms with Gasteiger partial charge in [0, 0.05) is 6.42 Å². The van der Waals surface area contributed by atoms with Gasteiger partial charge in [-0.2, -0.15) is 0 Å². The van der Waals surface area contributed by atoms with E-state index in [4.69, 9.17) is 4.74 Å². The normalized spacial score (nSPS) is 13.6. The second-order valence-corrected chi connectivity index (χ2v) is 6.17. The largest absolute Gasteiger partial charge is 0.506 e. The average Bonchev–Trinajstić information content (AvgIpc) is 2.88. The van der Waals surface area contributed by atoms with Gasteiger partial charge in [0.2, 0.25) is 0 Å². The lowest BCUT2D eigenvalue weighted by Crippen LogP contribution is -2.13. The lowest BCUT2D eigenvalue weighted by molar-refractivity contribution is 0.356. The van der Waals surface area contributed by atoms with E-state index in [1.165, 1.54) is 18.2 Å². The van der Waals surface area contributed by atoms with Gasteiger partial charge in [-0.05, 0) is 35.9 Å². The van der Waals surface area contributed by atoms with Crippen LogP contribution >= 0.6 is 0 Å². The Morgan fingerprint density at radius 2 is 1.95 bits per heavy atom. The van der Waals surface area contributed by atoms with Gasteiger partial charge in [0.1, 0.15) is 11.5 Å². The molecular weight excluding hydrogens is 278 g/mol. The zero-order valence-corrected chi connectivity index (χ0v) is 11.4. The molecule has 5 nitrogen and oxygen atoms in total. The number of phenolic OH excluding ortho intramolecular Hbond substituents is 1. The molecule has 0 radical (unpaired) electrons. The molecule has 6 heteroatoms. The molecular formula is C14H13NO4S. The number of hydrogen-bond donors (Lipinski definition) is 2. The Morgan fingerprint density at radius 3 is 2.75 bits per heavy atom. The van der Waals surface area contributed by atoms with E-state index >= 15 is 0 Å². The van der Waals surface area contributed by atoms with E-state index < -0.39 is 10.0 Å². The monoisotopic (exact) mass is 291 g/mol. The number of fused-ring (bicyclic) bond motifs is 1. The molecule has 2 aromatic rings. The van der Waals surface area contributed by atoms with Crippen LogP contribution < -0.4 is 9.46 Å². The molecule has 0 unspecified atom stereocenters. The number of sulfonamides is 1. The molecule has 0 bridgehead atoms. The molecule has 1 aliphatic heterocycles. The highest BCUT2D eigenvalue weighted by Crippen LogP contribution is 2.29. The van der Waals surface area contributed by atoms with E-state index in [9.17, 15) is 13.5 Å². The van der Waals surface area contributed by atoms with Gasteiger partial charge < -0.3 is 9.84 Å². The van der Waals surface area contributed by atoms with E-state index in [-0.39, 0.29) is 16.3 Å². The molecule has 0 aliphatic carbocycles. The van der Waals surface area contributed by atoms with Gasteiger partial charge in [-0.3, -0.25) is 4.72 Å². The molecule has 104 valence electrons. The first kappa shape index (κ1) is 12.8. The molecule has 3 rings (SSSR count). The average molecular weight is 291 g/mol. The summed E-state index contributed by atoms with van der Waals surface area (Å²) >= 11 is 0. The van der Waals surface area contributed by atoms with Crippen LogP contribution in [0.25, 0.3) is 0 Å². The summed E-state index contributed by atoms with van der Waals surface area (Å²) in [5.41, 5.74) is 1.04. The highest BCUT2D eigenvalue weighted by atomic mass is 32.2. The minimum Gasteiger partial charge on any atom is -0.506 e.